The SMILES string of the molecule is Br.N#Cc1ccc[n+](CC(=O)c2cccc3ccccc23)c1. The Morgan fingerprint density at radius 3 is 2.64 bits per heavy atom. The molecule has 0 saturated heterocycles. The summed E-state index contributed by atoms with van der Waals surface area (Å²) in [4.78, 5) is 12.5. The number of nitriles is 1. The Morgan fingerprint density at radius 1 is 1.05 bits per heavy atom. The van der Waals surface area contributed by atoms with Crippen LogP contribution in [0.2, 0.25) is 0 Å². The van der Waals surface area contributed by atoms with Crippen LogP contribution in [-0.2, 0) is 6.54 Å². The van der Waals surface area contributed by atoms with Crippen LogP contribution in [0.4, 0.5) is 0 Å². The topological polar surface area (TPSA) is 44.7 Å². The molecule has 0 radical (unpaired) electrons. The molecule has 0 aliphatic carbocycles. The van der Waals surface area contributed by atoms with Gasteiger partial charge in [-0.05, 0) is 16.8 Å². The first-order valence-electron chi connectivity index (χ1n) is 6.68. The maximum atomic E-state index is 12.5. The van der Waals surface area contributed by atoms with E-state index in [9.17, 15) is 4.79 Å². The van der Waals surface area contributed by atoms with Crippen molar-refractivity contribution < 1.29 is 9.36 Å². The zero-order chi connectivity index (χ0) is 14.7. The molecule has 0 aliphatic heterocycles. The molecule has 0 atom stereocenters. The smallest absolute Gasteiger partial charge is 0.228 e. The third-order valence-electron chi connectivity index (χ3n) is 3.40. The van der Waals surface area contributed by atoms with Crippen LogP contribution >= 0.6 is 17.0 Å². The van der Waals surface area contributed by atoms with Crippen molar-refractivity contribution >= 4 is 33.5 Å². The molecule has 3 nitrogen and oxygen atoms in total. The molecule has 22 heavy (non-hydrogen) atoms. The number of halogens is 1. The quantitative estimate of drug-likeness (QED) is 0.534. The highest BCUT2D eigenvalue weighted by Crippen LogP contribution is 2.18. The molecule has 0 unspecified atom stereocenters. The molecule has 1 aromatic heterocycles. The van der Waals surface area contributed by atoms with Gasteiger partial charge in [-0.3, -0.25) is 4.79 Å². The molecule has 108 valence electrons. The van der Waals surface area contributed by atoms with Gasteiger partial charge in [0.2, 0.25) is 12.3 Å². The van der Waals surface area contributed by atoms with Crippen LogP contribution in [-0.4, -0.2) is 5.78 Å². The lowest BCUT2D eigenvalue weighted by molar-refractivity contribution is -0.683. The Hall–Kier alpha value is -2.51. The van der Waals surface area contributed by atoms with E-state index >= 15 is 0 Å². The van der Waals surface area contributed by atoms with Crippen molar-refractivity contribution in [3.8, 4) is 6.07 Å². The summed E-state index contributed by atoms with van der Waals surface area (Å²) in [6, 6.07) is 19.2. The van der Waals surface area contributed by atoms with Crippen molar-refractivity contribution in [2.24, 2.45) is 0 Å². The summed E-state index contributed by atoms with van der Waals surface area (Å²) in [5, 5.41) is 10.9. The monoisotopic (exact) mass is 353 g/mol. The van der Waals surface area contributed by atoms with Gasteiger partial charge in [-0.2, -0.15) is 9.83 Å². The van der Waals surface area contributed by atoms with Gasteiger partial charge in [0.15, 0.2) is 12.4 Å². The Labute approximate surface area is 139 Å². The number of hydrogen-bond acceptors (Lipinski definition) is 2. The van der Waals surface area contributed by atoms with Crippen molar-refractivity contribution in [3.05, 3.63) is 78.1 Å². The molecule has 3 aromatic rings. The molecule has 0 amide bonds. The van der Waals surface area contributed by atoms with Crippen LogP contribution in [0.3, 0.4) is 0 Å². The number of Topliss-reactive ketones (excluding diaryl/α,β-unsaturated/α-hetero) is 1. The number of nitrogens with zero attached hydrogens (tertiary/aromatic N) is 2. The van der Waals surface area contributed by atoms with Crippen LogP contribution in [0, 0.1) is 11.3 Å². The van der Waals surface area contributed by atoms with E-state index in [1.807, 2.05) is 42.5 Å². The van der Waals surface area contributed by atoms with Gasteiger partial charge >= 0.3 is 0 Å². The van der Waals surface area contributed by atoms with E-state index in [-0.39, 0.29) is 29.3 Å². The van der Waals surface area contributed by atoms with Gasteiger partial charge in [0.25, 0.3) is 0 Å². The number of carbonyl (C=O) groups excluding carboxylic acids is 1. The molecular weight excluding hydrogens is 340 g/mol. The van der Waals surface area contributed by atoms with Crippen molar-refractivity contribution in [3.63, 3.8) is 0 Å². The Morgan fingerprint density at radius 2 is 1.82 bits per heavy atom. The lowest BCUT2D eigenvalue weighted by atomic mass is 10.0. The molecule has 0 saturated carbocycles. The first-order chi connectivity index (χ1) is 10.3. The Kier molecular flexibility index (Phi) is 5.03. The predicted octanol–water partition coefficient (Wildman–Crippen LogP) is 3.46. The van der Waals surface area contributed by atoms with Crippen LogP contribution in [0.15, 0.2) is 67.0 Å². The Bertz CT molecular complexity index is 863. The molecule has 0 N–H and O–H groups in total. The van der Waals surface area contributed by atoms with Gasteiger partial charge in [-0.25, -0.2) is 0 Å². The normalized spacial score (nSPS) is 9.77. The minimum absolute atomic E-state index is 0. The summed E-state index contributed by atoms with van der Waals surface area (Å²) in [7, 11) is 0. The average Bonchev–Trinajstić information content (AvgIpc) is 2.54. The number of ketones is 1. The van der Waals surface area contributed by atoms with E-state index in [0.717, 1.165) is 10.8 Å². The number of rotatable bonds is 3. The summed E-state index contributed by atoms with van der Waals surface area (Å²) in [6.07, 6.45) is 3.48. The lowest BCUT2D eigenvalue weighted by Gasteiger charge is -2.04. The average molecular weight is 354 g/mol. The number of pyridine rings is 1. The summed E-state index contributed by atoms with van der Waals surface area (Å²) in [6.45, 7) is 0.226. The van der Waals surface area contributed by atoms with Crippen molar-refractivity contribution in [2.75, 3.05) is 0 Å². The summed E-state index contributed by atoms with van der Waals surface area (Å²) in [5.41, 5.74) is 1.26. The third-order valence-corrected chi connectivity index (χ3v) is 3.40. The Balaban J connectivity index is 0.00000176. The molecule has 4 heteroatoms. The van der Waals surface area contributed by atoms with Crippen LogP contribution < -0.4 is 4.57 Å². The second-order valence-corrected chi connectivity index (χ2v) is 4.83. The number of hydrogen-bond donors (Lipinski definition) is 0. The standard InChI is InChI=1S/C18H13N2O.BrH/c19-11-14-5-4-10-20(12-14)13-18(21)17-9-3-7-15-6-1-2-8-16(15)17;/h1-10,12H,13H2;1H/q+1;. The second kappa shape index (κ2) is 6.97. The van der Waals surface area contributed by atoms with Gasteiger partial charge in [-0.15, -0.1) is 17.0 Å². The van der Waals surface area contributed by atoms with E-state index in [4.69, 9.17) is 5.26 Å². The summed E-state index contributed by atoms with van der Waals surface area (Å²) >= 11 is 0. The number of fused-ring (bicyclic) bond motifs is 1. The first-order valence-corrected chi connectivity index (χ1v) is 6.68. The van der Waals surface area contributed by atoms with Crippen molar-refractivity contribution in [2.45, 2.75) is 6.54 Å². The lowest BCUT2D eigenvalue weighted by Crippen LogP contribution is -2.37. The van der Waals surface area contributed by atoms with Gasteiger partial charge in [0, 0.05) is 11.6 Å². The van der Waals surface area contributed by atoms with Gasteiger partial charge in [0.05, 0.1) is 0 Å². The maximum Gasteiger partial charge on any atom is 0.228 e. The minimum Gasteiger partial charge on any atom is -0.287 e. The molecule has 0 spiro atoms. The summed E-state index contributed by atoms with van der Waals surface area (Å²) in [5.74, 6) is 0.0342. The van der Waals surface area contributed by atoms with Gasteiger partial charge in [0.1, 0.15) is 11.6 Å². The summed E-state index contributed by atoms with van der Waals surface area (Å²) < 4.78 is 1.74. The van der Waals surface area contributed by atoms with E-state index in [0.29, 0.717) is 11.1 Å². The molecule has 1 heterocycles. The highest BCUT2D eigenvalue weighted by atomic mass is 79.9. The van der Waals surface area contributed by atoms with Crippen molar-refractivity contribution in [1.29, 1.82) is 5.26 Å². The number of carbonyl (C=O) groups is 1. The fourth-order valence-electron chi connectivity index (χ4n) is 2.41. The number of aromatic nitrogens is 1. The van der Waals surface area contributed by atoms with E-state index in [1.165, 1.54) is 0 Å². The fourth-order valence-corrected chi connectivity index (χ4v) is 2.41. The molecule has 3 rings (SSSR count). The zero-order valence-corrected chi connectivity index (χ0v) is 13.5. The van der Waals surface area contributed by atoms with Crippen LogP contribution in [0.5, 0.6) is 0 Å². The third kappa shape index (κ3) is 3.21. The van der Waals surface area contributed by atoms with E-state index in [2.05, 4.69) is 6.07 Å². The van der Waals surface area contributed by atoms with Crippen molar-refractivity contribution in [1.82, 2.24) is 0 Å². The molecule has 2 aromatic carbocycles. The van der Waals surface area contributed by atoms with E-state index < -0.39 is 0 Å². The predicted molar refractivity (Wildman–Crippen MR) is 90.0 cm³/mol. The fraction of sp³-hybridized carbons (Fsp3) is 0.0556. The first kappa shape index (κ1) is 15.9. The van der Waals surface area contributed by atoms with Crippen LogP contribution in [0.25, 0.3) is 10.8 Å². The maximum absolute atomic E-state index is 12.5. The zero-order valence-electron chi connectivity index (χ0n) is 11.8. The molecule has 0 bridgehead atoms. The highest BCUT2D eigenvalue weighted by Gasteiger charge is 2.15. The molecule has 0 fully saturated rings. The minimum atomic E-state index is 0. The molecular formula is C18H14BrN2O+. The molecule has 0 aliphatic rings. The van der Waals surface area contributed by atoms with Crippen LogP contribution in [0.1, 0.15) is 15.9 Å². The second-order valence-electron chi connectivity index (χ2n) is 4.83. The largest absolute Gasteiger partial charge is 0.287 e. The highest BCUT2D eigenvalue weighted by molar-refractivity contribution is 8.93. The van der Waals surface area contributed by atoms with Gasteiger partial charge in [-0.1, -0.05) is 42.5 Å². The van der Waals surface area contributed by atoms with E-state index in [1.54, 1.807) is 29.1 Å². The number of benzene rings is 2. The van der Waals surface area contributed by atoms with Gasteiger partial charge < -0.3 is 0 Å².